The molecule has 0 aliphatic heterocycles. The second kappa shape index (κ2) is 7.48. The number of hydrogen-bond acceptors (Lipinski definition) is 5. The lowest BCUT2D eigenvalue weighted by Crippen LogP contribution is -2.33. The molecular weight excluding hydrogens is 248 g/mol. The van der Waals surface area contributed by atoms with Crippen LogP contribution >= 0.6 is 0 Å². The minimum absolute atomic E-state index is 0.184. The summed E-state index contributed by atoms with van der Waals surface area (Å²) in [7, 11) is 1.35. The molecule has 0 aliphatic carbocycles. The summed E-state index contributed by atoms with van der Waals surface area (Å²) < 4.78 is 15.3. The molecule has 0 bridgehead atoms. The van der Waals surface area contributed by atoms with E-state index >= 15 is 0 Å². The molecule has 0 unspecified atom stereocenters. The quantitative estimate of drug-likeness (QED) is 0.636. The lowest BCUT2D eigenvalue weighted by Gasteiger charge is -2.27. The molecule has 0 aromatic heterocycles. The van der Waals surface area contributed by atoms with Crippen molar-refractivity contribution in [2.24, 2.45) is 5.41 Å². The van der Waals surface area contributed by atoms with E-state index in [0.717, 1.165) is 0 Å². The fourth-order valence-electron chi connectivity index (χ4n) is 1.48. The zero-order valence-electron chi connectivity index (χ0n) is 12.9. The Morgan fingerprint density at radius 2 is 1.68 bits per heavy atom. The third kappa shape index (κ3) is 7.15. The fraction of sp³-hybridized carbons (Fsp3) is 0.857. The average Bonchev–Trinajstić information content (AvgIpc) is 2.27. The first-order valence-electron chi connectivity index (χ1n) is 6.52. The van der Waals surface area contributed by atoms with E-state index in [9.17, 15) is 9.59 Å². The van der Waals surface area contributed by atoms with Crippen LogP contribution in [0.1, 0.15) is 47.5 Å². The van der Waals surface area contributed by atoms with Gasteiger partial charge in [0.1, 0.15) is 0 Å². The molecule has 0 amide bonds. The third-order valence-electron chi connectivity index (χ3n) is 2.85. The van der Waals surface area contributed by atoms with Crippen LogP contribution in [0.25, 0.3) is 0 Å². The molecule has 0 rings (SSSR count). The highest BCUT2D eigenvalue weighted by molar-refractivity contribution is 5.75. The molecule has 19 heavy (non-hydrogen) atoms. The Hall–Kier alpha value is -1.10. The molecule has 0 aliphatic rings. The Balaban J connectivity index is 4.20. The van der Waals surface area contributed by atoms with Crippen LogP contribution in [0.4, 0.5) is 0 Å². The third-order valence-corrected chi connectivity index (χ3v) is 2.85. The summed E-state index contributed by atoms with van der Waals surface area (Å²) in [6.45, 7) is 9.82. The minimum atomic E-state index is -0.599. The van der Waals surface area contributed by atoms with Gasteiger partial charge in [-0.15, -0.1) is 0 Å². The molecular formula is C14H26O5. The van der Waals surface area contributed by atoms with Crippen molar-refractivity contribution in [2.75, 3.05) is 20.3 Å². The average molecular weight is 274 g/mol. The van der Waals surface area contributed by atoms with Crippen LogP contribution in [0.3, 0.4) is 0 Å². The van der Waals surface area contributed by atoms with Crippen LogP contribution in [0.5, 0.6) is 0 Å². The SMILES string of the molecule is CCOC(=O)C(C)(C)CCOC(C)(C)CC(=O)OC. The summed E-state index contributed by atoms with van der Waals surface area (Å²) in [4.78, 5) is 22.9. The maximum absolute atomic E-state index is 11.7. The molecule has 0 radical (unpaired) electrons. The van der Waals surface area contributed by atoms with Gasteiger partial charge in [0.05, 0.1) is 31.2 Å². The van der Waals surface area contributed by atoms with E-state index in [1.54, 1.807) is 6.92 Å². The van der Waals surface area contributed by atoms with Crippen LogP contribution in [0.15, 0.2) is 0 Å². The van der Waals surface area contributed by atoms with Crippen LogP contribution in [-0.2, 0) is 23.8 Å². The topological polar surface area (TPSA) is 61.8 Å². The molecule has 0 fully saturated rings. The summed E-state index contributed by atoms with van der Waals surface area (Å²) in [6, 6.07) is 0. The Bertz CT molecular complexity index is 307. The van der Waals surface area contributed by atoms with Gasteiger partial charge in [-0.05, 0) is 41.0 Å². The Morgan fingerprint density at radius 3 is 2.16 bits per heavy atom. The van der Waals surface area contributed by atoms with E-state index in [4.69, 9.17) is 9.47 Å². The first-order chi connectivity index (χ1) is 8.64. The van der Waals surface area contributed by atoms with E-state index in [1.165, 1.54) is 7.11 Å². The zero-order valence-corrected chi connectivity index (χ0v) is 12.9. The number of rotatable bonds is 8. The second-order valence-electron chi connectivity index (χ2n) is 5.72. The van der Waals surface area contributed by atoms with Crippen LogP contribution < -0.4 is 0 Å². The normalized spacial score (nSPS) is 12.1. The largest absolute Gasteiger partial charge is 0.469 e. The van der Waals surface area contributed by atoms with Gasteiger partial charge >= 0.3 is 11.9 Å². The van der Waals surface area contributed by atoms with Gasteiger partial charge in [-0.2, -0.15) is 0 Å². The van der Waals surface area contributed by atoms with E-state index in [1.807, 2.05) is 27.7 Å². The van der Waals surface area contributed by atoms with Gasteiger partial charge < -0.3 is 14.2 Å². The van der Waals surface area contributed by atoms with E-state index in [-0.39, 0.29) is 18.4 Å². The molecule has 5 heteroatoms. The standard InChI is InChI=1S/C14H26O5/c1-7-18-12(16)13(2,3)8-9-19-14(4,5)10-11(15)17-6/h7-10H2,1-6H3. The summed E-state index contributed by atoms with van der Waals surface area (Å²) in [6.07, 6.45) is 0.722. The molecule has 0 saturated heterocycles. The van der Waals surface area contributed by atoms with Gasteiger partial charge in [-0.25, -0.2) is 0 Å². The summed E-state index contributed by atoms with van der Waals surface area (Å²) in [5, 5.41) is 0. The van der Waals surface area contributed by atoms with E-state index in [0.29, 0.717) is 19.6 Å². The minimum Gasteiger partial charge on any atom is -0.469 e. The predicted molar refractivity (Wildman–Crippen MR) is 71.7 cm³/mol. The number of methoxy groups -OCH3 is 1. The molecule has 5 nitrogen and oxygen atoms in total. The maximum Gasteiger partial charge on any atom is 0.311 e. The molecule has 0 aromatic carbocycles. The summed E-state index contributed by atoms with van der Waals surface area (Å²) in [5.41, 5.74) is -1.19. The van der Waals surface area contributed by atoms with Crippen molar-refractivity contribution in [3.05, 3.63) is 0 Å². The Morgan fingerprint density at radius 1 is 1.11 bits per heavy atom. The van der Waals surface area contributed by atoms with Crippen LogP contribution in [0.2, 0.25) is 0 Å². The predicted octanol–water partition coefficient (Wildman–Crippen LogP) is 2.32. The van der Waals surface area contributed by atoms with Crippen LogP contribution in [0, 0.1) is 5.41 Å². The number of carbonyl (C=O) groups is 2. The fourth-order valence-corrected chi connectivity index (χ4v) is 1.48. The molecule has 0 aromatic rings. The first-order valence-corrected chi connectivity index (χ1v) is 6.52. The van der Waals surface area contributed by atoms with E-state index < -0.39 is 11.0 Å². The van der Waals surface area contributed by atoms with Gasteiger partial charge in [0.2, 0.25) is 0 Å². The number of carbonyl (C=O) groups excluding carboxylic acids is 2. The number of esters is 2. The van der Waals surface area contributed by atoms with Crippen molar-refractivity contribution in [3.8, 4) is 0 Å². The van der Waals surface area contributed by atoms with Gasteiger partial charge in [0.25, 0.3) is 0 Å². The monoisotopic (exact) mass is 274 g/mol. The molecule has 0 spiro atoms. The lowest BCUT2D eigenvalue weighted by atomic mass is 9.90. The van der Waals surface area contributed by atoms with Gasteiger partial charge in [-0.3, -0.25) is 9.59 Å². The van der Waals surface area contributed by atoms with Crippen molar-refractivity contribution in [1.29, 1.82) is 0 Å². The van der Waals surface area contributed by atoms with Crippen molar-refractivity contribution in [1.82, 2.24) is 0 Å². The van der Waals surface area contributed by atoms with Crippen molar-refractivity contribution >= 4 is 11.9 Å². The smallest absolute Gasteiger partial charge is 0.311 e. The molecule has 112 valence electrons. The Labute approximate surface area is 115 Å². The van der Waals surface area contributed by atoms with Gasteiger partial charge in [0.15, 0.2) is 0 Å². The molecule has 0 atom stereocenters. The van der Waals surface area contributed by atoms with Crippen molar-refractivity contribution in [3.63, 3.8) is 0 Å². The highest BCUT2D eigenvalue weighted by Crippen LogP contribution is 2.24. The Kier molecular flexibility index (Phi) is 7.05. The zero-order chi connectivity index (χ0) is 15.1. The first kappa shape index (κ1) is 17.9. The van der Waals surface area contributed by atoms with Crippen molar-refractivity contribution in [2.45, 2.75) is 53.1 Å². The van der Waals surface area contributed by atoms with E-state index in [2.05, 4.69) is 4.74 Å². The van der Waals surface area contributed by atoms with Gasteiger partial charge in [0, 0.05) is 6.61 Å². The summed E-state index contributed by atoms with van der Waals surface area (Å²) in [5.74, 6) is -0.543. The summed E-state index contributed by atoms with van der Waals surface area (Å²) >= 11 is 0. The van der Waals surface area contributed by atoms with Gasteiger partial charge in [-0.1, -0.05) is 0 Å². The molecule has 0 N–H and O–H groups in total. The number of hydrogen-bond donors (Lipinski definition) is 0. The lowest BCUT2D eigenvalue weighted by molar-refractivity contribution is -0.157. The maximum atomic E-state index is 11.7. The second-order valence-corrected chi connectivity index (χ2v) is 5.72. The van der Waals surface area contributed by atoms with Crippen molar-refractivity contribution < 1.29 is 23.8 Å². The highest BCUT2D eigenvalue weighted by atomic mass is 16.5. The molecule has 0 saturated carbocycles. The molecule has 0 heterocycles. The number of ether oxygens (including phenoxy) is 3. The van der Waals surface area contributed by atoms with Crippen LogP contribution in [-0.4, -0.2) is 37.9 Å². The highest BCUT2D eigenvalue weighted by Gasteiger charge is 2.30.